The summed E-state index contributed by atoms with van der Waals surface area (Å²) in [6.45, 7) is 2.95. The molecule has 5 heteroatoms. The predicted molar refractivity (Wildman–Crippen MR) is 61.6 cm³/mol. The van der Waals surface area contributed by atoms with Crippen molar-refractivity contribution in [2.45, 2.75) is 19.4 Å². The van der Waals surface area contributed by atoms with Crippen LogP contribution in [0.2, 0.25) is 0 Å². The third kappa shape index (κ3) is 2.39. The topological polar surface area (TPSA) is 73.7 Å². The average Bonchev–Trinajstić information content (AvgIpc) is 2.32. The van der Waals surface area contributed by atoms with Crippen LogP contribution in [0.1, 0.15) is 23.7 Å². The van der Waals surface area contributed by atoms with Crippen LogP contribution in [0.3, 0.4) is 0 Å². The van der Waals surface area contributed by atoms with Gasteiger partial charge < -0.3 is 15.1 Å². The van der Waals surface area contributed by atoms with Gasteiger partial charge in [0.25, 0.3) is 5.91 Å². The van der Waals surface area contributed by atoms with Gasteiger partial charge in [0.05, 0.1) is 17.9 Å². The fourth-order valence-electron chi connectivity index (χ4n) is 2.05. The molecule has 0 radical (unpaired) electrons. The van der Waals surface area contributed by atoms with E-state index in [9.17, 15) is 15.0 Å². The summed E-state index contributed by atoms with van der Waals surface area (Å²) >= 11 is 0. The first kappa shape index (κ1) is 11.9. The van der Waals surface area contributed by atoms with Crippen LogP contribution in [0.4, 0.5) is 0 Å². The van der Waals surface area contributed by atoms with E-state index >= 15 is 0 Å². The van der Waals surface area contributed by atoms with Gasteiger partial charge in [0.1, 0.15) is 5.75 Å². The number of hydrogen-bond donors (Lipinski definition) is 2. The summed E-state index contributed by atoms with van der Waals surface area (Å²) in [6, 6.07) is 1.51. The van der Waals surface area contributed by atoms with Gasteiger partial charge in [0.15, 0.2) is 0 Å². The summed E-state index contributed by atoms with van der Waals surface area (Å²) in [5.74, 6) is -0.239. The Labute approximate surface area is 99.7 Å². The highest BCUT2D eigenvalue weighted by Gasteiger charge is 2.28. The van der Waals surface area contributed by atoms with E-state index in [0.717, 1.165) is 0 Å². The minimum Gasteiger partial charge on any atom is -0.505 e. The van der Waals surface area contributed by atoms with Crippen molar-refractivity contribution in [1.29, 1.82) is 0 Å². The molecule has 0 aromatic carbocycles. The zero-order chi connectivity index (χ0) is 12.4. The van der Waals surface area contributed by atoms with Crippen molar-refractivity contribution >= 4 is 5.91 Å². The minimum atomic E-state index is -0.343. The zero-order valence-electron chi connectivity index (χ0n) is 9.71. The number of amides is 1. The number of piperidine rings is 1. The second-order valence-corrected chi connectivity index (χ2v) is 4.48. The van der Waals surface area contributed by atoms with Crippen molar-refractivity contribution < 1.29 is 15.0 Å². The lowest BCUT2D eigenvalue weighted by Gasteiger charge is -2.34. The van der Waals surface area contributed by atoms with Gasteiger partial charge in [-0.2, -0.15) is 0 Å². The van der Waals surface area contributed by atoms with E-state index in [4.69, 9.17) is 0 Å². The van der Waals surface area contributed by atoms with Crippen LogP contribution in [-0.2, 0) is 0 Å². The molecule has 1 aromatic heterocycles. The van der Waals surface area contributed by atoms with Crippen LogP contribution in [0.15, 0.2) is 18.5 Å². The summed E-state index contributed by atoms with van der Waals surface area (Å²) in [5.41, 5.74) is 0.267. The average molecular weight is 236 g/mol. The van der Waals surface area contributed by atoms with Crippen LogP contribution in [0, 0.1) is 5.92 Å². The maximum atomic E-state index is 12.1. The Hall–Kier alpha value is -1.62. The van der Waals surface area contributed by atoms with Crippen molar-refractivity contribution in [3.05, 3.63) is 24.0 Å². The van der Waals surface area contributed by atoms with Crippen molar-refractivity contribution in [2.75, 3.05) is 13.1 Å². The molecule has 1 amide bonds. The van der Waals surface area contributed by atoms with E-state index in [0.29, 0.717) is 19.5 Å². The van der Waals surface area contributed by atoms with E-state index in [1.54, 1.807) is 4.90 Å². The SMILES string of the molecule is CC1CN(C(=O)c2ccncc2O)CCC1O. The molecule has 0 saturated carbocycles. The lowest BCUT2D eigenvalue weighted by Crippen LogP contribution is -2.44. The highest BCUT2D eigenvalue weighted by molar-refractivity contribution is 5.96. The number of pyridine rings is 1. The normalized spacial score (nSPS) is 24.7. The van der Waals surface area contributed by atoms with E-state index < -0.39 is 0 Å². The van der Waals surface area contributed by atoms with E-state index in [1.807, 2.05) is 6.92 Å². The number of aromatic hydroxyl groups is 1. The van der Waals surface area contributed by atoms with Crippen LogP contribution < -0.4 is 0 Å². The summed E-state index contributed by atoms with van der Waals surface area (Å²) < 4.78 is 0. The molecule has 1 fully saturated rings. The number of hydrogen-bond acceptors (Lipinski definition) is 4. The molecule has 1 aromatic rings. The molecule has 2 unspecified atom stereocenters. The molecule has 92 valence electrons. The molecule has 2 atom stereocenters. The van der Waals surface area contributed by atoms with Crippen LogP contribution in [0.5, 0.6) is 5.75 Å². The van der Waals surface area contributed by atoms with Crippen molar-refractivity contribution in [1.82, 2.24) is 9.88 Å². The third-order valence-electron chi connectivity index (χ3n) is 3.18. The second-order valence-electron chi connectivity index (χ2n) is 4.48. The molecule has 1 aliphatic heterocycles. The number of carbonyl (C=O) groups is 1. The summed E-state index contributed by atoms with van der Waals surface area (Å²) in [6.07, 6.45) is 2.98. The lowest BCUT2D eigenvalue weighted by atomic mass is 9.96. The quantitative estimate of drug-likeness (QED) is 0.750. The first-order chi connectivity index (χ1) is 8.09. The Kier molecular flexibility index (Phi) is 3.28. The highest BCUT2D eigenvalue weighted by Crippen LogP contribution is 2.21. The Balaban J connectivity index is 2.14. The van der Waals surface area contributed by atoms with Gasteiger partial charge in [-0.1, -0.05) is 6.92 Å². The Morgan fingerprint density at radius 2 is 2.35 bits per heavy atom. The Morgan fingerprint density at radius 3 is 3.00 bits per heavy atom. The number of aromatic nitrogens is 1. The Bertz CT molecular complexity index is 422. The van der Waals surface area contributed by atoms with Crippen molar-refractivity contribution in [3.63, 3.8) is 0 Å². The molecule has 0 aliphatic carbocycles. The second kappa shape index (κ2) is 4.71. The number of likely N-dealkylation sites (tertiary alicyclic amines) is 1. The van der Waals surface area contributed by atoms with Gasteiger partial charge in [-0.15, -0.1) is 0 Å². The number of nitrogens with zero attached hydrogens (tertiary/aromatic N) is 2. The predicted octanol–water partition coefficient (Wildman–Crippen LogP) is 0.630. The monoisotopic (exact) mass is 236 g/mol. The maximum Gasteiger partial charge on any atom is 0.257 e. The number of aliphatic hydroxyl groups excluding tert-OH is 1. The largest absolute Gasteiger partial charge is 0.505 e. The number of rotatable bonds is 1. The minimum absolute atomic E-state index is 0.0664. The van der Waals surface area contributed by atoms with Gasteiger partial charge in [0, 0.05) is 19.3 Å². The molecule has 17 heavy (non-hydrogen) atoms. The molecular weight excluding hydrogens is 220 g/mol. The van der Waals surface area contributed by atoms with E-state index in [2.05, 4.69) is 4.98 Å². The molecule has 1 aliphatic rings. The van der Waals surface area contributed by atoms with Gasteiger partial charge in [-0.25, -0.2) is 0 Å². The van der Waals surface area contributed by atoms with E-state index in [1.165, 1.54) is 18.5 Å². The van der Waals surface area contributed by atoms with Crippen LogP contribution >= 0.6 is 0 Å². The summed E-state index contributed by atoms with van der Waals surface area (Å²) in [5, 5.41) is 19.2. The zero-order valence-corrected chi connectivity index (χ0v) is 9.71. The fraction of sp³-hybridized carbons (Fsp3) is 0.500. The summed E-state index contributed by atoms with van der Waals surface area (Å²) in [4.78, 5) is 17.5. The fourth-order valence-corrected chi connectivity index (χ4v) is 2.05. The number of carbonyl (C=O) groups excluding carboxylic acids is 1. The number of aliphatic hydroxyl groups is 1. The van der Waals surface area contributed by atoms with Crippen LogP contribution in [0.25, 0.3) is 0 Å². The summed E-state index contributed by atoms with van der Waals surface area (Å²) in [7, 11) is 0. The first-order valence-corrected chi connectivity index (χ1v) is 5.70. The lowest BCUT2D eigenvalue weighted by molar-refractivity contribution is 0.0296. The Morgan fingerprint density at radius 1 is 1.59 bits per heavy atom. The van der Waals surface area contributed by atoms with Crippen molar-refractivity contribution in [3.8, 4) is 5.75 Å². The molecule has 0 bridgehead atoms. The van der Waals surface area contributed by atoms with Crippen molar-refractivity contribution in [2.24, 2.45) is 5.92 Å². The molecule has 0 spiro atoms. The standard InChI is InChI=1S/C12H16N2O3/c1-8-7-14(5-3-10(8)15)12(17)9-2-4-13-6-11(9)16/h2,4,6,8,10,15-16H,3,5,7H2,1H3. The van der Waals surface area contributed by atoms with E-state index in [-0.39, 0.29) is 29.2 Å². The third-order valence-corrected chi connectivity index (χ3v) is 3.18. The molecule has 2 N–H and O–H groups in total. The van der Waals surface area contributed by atoms with Gasteiger partial charge in [-0.05, 0) is 18.4 Å². The van der Waals surface area contributed by atoms with Gasteiger partial charge >= 0.3 is 0 Å². The maximum absolute atomic E-state index is 12.1. The smallest absolute Gasteiger partial charge is 0.257 e. The molecule has 2 heterocycles. The first-order valence-electron chi connectivity index (χ1n) is 5.70. The molecule has 1 saturated heterocycles. The highest BCUT2D eigenvalue weighted by atomic mass is 16.3. The van der Waals surface area contributed by atoms with Crippen LogP contribution in [-0.4, -0.2) is 45.2 Å². The molecule has 5 nitrogen and oxygen atoms in total. The molecule has 2 rings (SSSR count). The van der Waals surface area contributed by atoms with Gasteiger partial charge in [0.2, 0.25) is 0 Å². The molecular formula is C12H16N2O3. The van der Waals surface area contributed by atoms with Gasteiger partial charge in [-0.3, -0.25) is 9.78 Å².